The van der Waals surface area contributed by atoms with Crippen molar-refractivity contribution >= 4 is 5.95 Å². The SMILES string of the molecule is COc1cc(OC)nc(N2CCCNCC2)n1. The van der Waals surface area contributed by atoms with Crippen molar-refractivity contribution in [3.8, 4) is 11.8 Å². The fourth-order valence-electron chi connectivity index (χ4n) is 1.79. The van der Waals surface area contributed by atoms with E-state index >= 15 is 0 Å². The van der Waals surface area contributed by atoms with Crippen LogP contribution in [0.15, 0.2) is 6.07 Å². The molecule has 0 unspecified atom stereocenters. The van der Waals surface area contributed by atoms with Gasteiger partial charge in [0.15, 0.2) is 0 Å². The average Bonchev–Trinajstić information content (AvgIpc) is 2.67. The van der Waals surface area contributed by atoms with Gasteiger partial charge in [-0.15, -0.1) is 0 Å². The van der Waals surface area contributed by atoms with E-state index in [1.165, 1.54) is 0 Å². The van der Waals surface area contributed by atoms with Crippen LogP contribution in [0.2, 0.25) is 0 Å². The predicted octanol–water partition coefficient (Wildman–Crippen LogP) is 0.293. The first-order chi connectivity index (χ1) is 8.33. The Bertz CT molecular complexity index is 342. The lowest BCUT2D eigenvalue weighted by atomic mass is 10.4. The van der Waals surface area contributed by atoms with E-state index in [0.29, 0.717) is 17.7 Å². The van der Waals surface area contributed by atoms with Gasteiger partial charge in [0.05, 0.1) is 20.3 Å². The van der Waals surface area contributed by atoms with Gasteiger partial charge >= 0.3 is 0 Å². The molecule has 0 radical (unpaired) electrons. The molecule has 6 heteroatoms. The Balaban J connectivity index is 2.22. The van der Waals surface area contributed by atoms with Crippen LogP contribution in [0.25, 0.3) is 0 Å². The molecule has 1 fully saturated rings. The Hall–Kier alpha value is -1.56. The van der Waals surface area contributed by atoms with Crippen LogP contribution in [0, 0.1) is 0 Å². The third-order valence-electron chi connectivity index (χ3n) is 2.71. The standard InChI is InChI=1S/C11H18N4O2/c1-16-9-8-10(17-2)14-11(13-9)15-6-3-4-12-5-7-15/h8,12H,3-7H2,1-2H3. The monoisotopic (exact) mass is 238 g/mol. The Labute approximate surface area is 101 Å². The van der Waals surface area contributed by atoms with E-state index in [-0.39, 0.29) is 0 Å². The van der Waals surface area contributed by atoms with Gasteiger partial charge in [-0.3, -0.25) is 0 Å². The molecule has 94 valence electrons. The van der Waals surface area contributed by atoms with Crippen LogP contribution in [0.4, 0.5) is 5.95 Å². The summed E-state index contributed by atoms with van der Waals surface area (Å²) >= 11 is 0. The highest BCUT2D eigenvalue weighted by atomic mass is 16.5. The van der Waals surface area contributed by atoms with E-state index < -0.39 is 0 Å². The molecule has 2 rings (SSSR count). The quantitative estimate of drug-likeness (QED) is 0.817. The topological polar surface area (TPSA) is 59.5 Å². The molecule has 0 aliphatic carbocycles. The van der Waals surface area contributed by atoms with Gasteiger partial charge in [0.2, 0.25) is 17.7 Å². The maximum absolute atomic E-state index is 5.15. The molecule has 0 amide bonds. The first kappa shape index (κ1) is 11.9. The second kappa shape index (κ2) is 5.67. The lowest BCUT2D eigenvalue weighted by molar-refractivity contribution is 0.371. The van der Waals surface area contributed by atoms with Crippen LogP contribution in [0.3, 0.4) is 0 Å². The Morgan fingerprint density at radius 3 is 2.47 bits per heavy atom. The highest BCUT2D eigenvalue weighted by molar-refractivity contribution is 5.36. The zero-order valence-electron chi connectivity index (χ0n) is 10.3. The van der Waals surface area contributed by atoms with Crippen molar-refractivity contribution in [1.29, 1.82) is 0 Å². The Morgan fingerprint density at radius 1 is 1.12 bits per heavy atom. The first-order valence-electron chi connectivity index (χ1n) is 5.76. The molecular formula is C11H18N4O2. The Kier molecular flexibility index (Phi) is 3.98. The van der Waals surface area contributed by atoms with Crippen molar-refractivity contribution in [2.45, 2.75) is 6.42 Å². The van der Waals surface area contributed by atoms with Crippen molar-refractivity contribution in [3.63, 3.8) is 0 Å². The number of hydrogen-bond donors (Lipinski definition) is 1. The second-order valence-electron chi connectivity index (χ2n) is 3.84. The molecule has 0 bridgehead atoms. The molecule has 0 atom stereocenters. The van der Waals surface area contributed by atoms with Gasteiger partial charge in [-0.25, -0.2) is 0 Å². The summed E-state index contributed by atoms with van der Waals surface area (Å²) in [6, 6.07) is 1.68. The maximum atomic E-state index is 5.15. The van der Waals surface area contributed by atoms with E-state index in [2.05, 4.69) is 20.2 Å². The summed E-state index contributed by atoms with van der Waals surface area (Å²) in [7, 11) is 3.19. The number of rotatable bonds is 3. The van der Waals surface area contributed by atoms with Crippen LogP contribution in [0.1, 0.15) is 6.42 Å². The molecule has 17 heavy (non-hydrogen) atoms. The van der Waals surface area contributed by atoms with Crippen molar-refractivity contribution in [3.05, 3.63) is 6.07 Å². The van der Waals surface area contributed by atoms with Crippen LogP contribution < -0.4 is 19.7 Å². The lowest BCUT2D eigenvalue weighted by Gasteiger charge is -2.20. The fraction of sp³-hybridized carbons (Fsp3) is 0.636. The average molecular weight is 238 g/mol. The molecule has 1 aromatic heterocycles. The van der Waals surface area contributed by atoms with Crippen LogP contribution in [-0.2, 0) is 0 Å². The molecule has 1 aliphatic rings. The van der Waals surface area contributed by atoms with E-state index in [1.54, 1.807) is 20.3 Å². The molecule has 6 nitrogen and oxygen atoms in total. The van der Waals surface area contributed by atoms with Crippen molar-refractivity contribution in [1.82, 2.24) is 15.3 Å². The first-order valence-corrected chi connectivity index (χ1v) is 5.76. The highest BCUT2D eigenvalue weighted by Crippen LogP contribution is 2.20. The van der Waals surface area contributed by atoms with Crippen molar-refractivity contribution in [2.24, 2.45) is 0 Å². The highest BCUT2D eigenvalue weighted by Gasteiger charge is 2.14. The minimum Gasteiger partial charge on any atom is -0.481 e. The predicted molar refractivity (Wildman–Crippen MR) is 64.8 cm³/mol. The molecule has 2 heterocycles. The van der Waals surface area contributed by atoms with E-state index in [0.717, 1.165) is 32.6 Å². The minimum absolute atomic E-state index is 0.532. The van der Waals surface area contributed by atoms with Crippen LogP contribution >= 0.6 is 0 Å². The number of nitrogens with zero attached hydrogens (tertiary/aromatic N) is 3. The summed E-state index contributed by atoms with van der Waals surface area (Å²) in [5, 5.41) is 3.34. The molecule has 0 spiro atoms. The smallest absolute Gasteiger partial charge is 0.232 e. The summed E-state index contributed by atoms with van der Waals surface area (Å²) in [5.74, 6) is 1.73. The van der Waals surface area contributed by atoms with Gasteiger partial charge in [-0.2, -0.15) is 9.97 Å². The van der Waals surface area contributed by atoms with Crippen LogP contribution in [-0.4, -0.2) is 50.4 Å². The lowest BCUT2D eigenvalue weighted by Crippen LogP contribution is -2.29. The summed E-state index contributed by atoms with van der Waals surface area (Å²) in [5.41, 5.74) is 0. The van der Waals surface area contributed by atoms with E-state index in [4.69, 9.17) is 9.47 Å². The summed E-state index contributed by atoms with van der Waals surface area (Å²) in [4.78, 5) is 10.8. The maximum Gasteiger partial charge on any atom is 0.232 e. The van der Waals surface area contributed by atoms with E-state index in [9.17, 15) is 0 Å². The minimum atomic E-state index is 0.532. The van der Waals surface area contributed by atoms with Gasteiger partial charge in [0.25, 0.3) is 0 Å². The van der Waals surface area contributed by atoms with Gasteiger partial charge in [-0.1, -0.05) is 0 Å². The van der Waals surface area contributed by atoms with Gasteiger partial charge < -0.3 is 19.7 Å². The normalized spacial score (nSPS) is 16.5. The Morgan fingerprint density at radius 2 is 1.82 bits per heavy atom. The summed E-state index contributed by atoms with van der Waals surface area (Å²) in [6.07, 6.45) is 1.09. The third-order valence-corrected chi connectivity index (χ3v) is 2.71. The fourth-order valence-corrected chi connectivity index (χ4v) is 1.79. The second-order valence-corrected chi connectivity index (χ2v) is 3.84. The number of ether oxygens (including phenoxy) is 2. The molecule has 1 aromatic rings. The zero-order valence-corrected chi connectivity index (χ0v) is 10.3. The summed E-state index contributed by atoms with van der Waals surface area (Å²) < 4.78 is 10.3. The van der Waals surface area contributed by atoms with Gasteiger partial charge in [-0.05, 0) is 13.0 Å². The molecule has 0 saturated carbocycles. The third kappa shape index (κ3) is 2.97. The number of methoxy groups -OCH3 is 2. The molecule has 0 aromatic carbocycles. The zero-order chi connectivity index (χ0) is 12.1. The van der Waals surface area contributed by atoms with Gasteiger partial charge in [0.1, 0.15) is 0 Å². The summed E-state index contributed by atoms with van der Waals surface area (Å²) in [6.45, 7) is 3.83. The number of nitrogens with one attached hydrogen (secondary N) is 1. The molecule has 1 saturated heterocycles. The van der Waals surface area contributed by atoms with Crippen molar-refractivity contribution in [2.75, 3.05) is 45.3 Å². The van der Waals surface area contributed by atoms with Crippen molar-refractivity contribution < 1.29 is 9.47 Å². The molecule has 1 N–H and O–H groups in total. The van der Waals surface area contributed by atoms with Gasteiger partial charge in [0, 0.05) is 19.6 Å². The molecule has 1 aliphatic heterocycles. The number of aromatic nitrogens is 2. The van der Waals surface area contributed by atoms with E-state index in [1.807, 2.05) is 0 Å². The number of anilines is 1. The largest absolute Gasteiger partial charge is 0.481 e. The van der Waals surface area contributed by atoms with Crippen LogP contribution in [0.5, 0.6) is 11.8 Å². The number of hydrogen-bond acceptors (Lipinski definition) is 6. The molecular weight excluding hydrogens is 220 g/mol.